The molecule has 0 saturated heterocycles. The number of esters is 1. The summed E-state index contributed by atoms with van der Waals surface area (Å²) in [5.41, 5.74) is -7.44. The number of aliphatic hydroxyl groups is 4. The Morgan fingerprint density at radius 3 is 1.46 bits per heavy atom. The summed E-state index contributed by atoms with van der Waals surface area (Å²) in [6.07, 6.45) is 20.1. The van der Waals surface area contributed by atoms with Gasteiger partial charge in [-0.1, -0.05) is 70.4 Å². The topological polar surface area (TPSA) is 216 Å². The number of ketones is 2. The molecular formula is C29H50O12. The van der Waals surface area contributed by atoms with Gasteiger partial charge in [-0.25, -0.2) is 9.59 Å². The number of ether oxygens (including phenoxy) is 1. The summed E-state index contributed by atoms with van der Waals surface area (Å²) in [5.74, 6) is -8.06. The molecule has 0 heterocycles. The van der Waals surface area contributed by atoms with Gasteiger partial charge >= 0.3 is 17.9 Å². The van der Waals surface area contributed by atoms with E-state index in [4.69, 9.17) is 25.2 Å². The number of carboxylic acids is 2. The van der Waals surface area contributed by atoms with Crippen molar-refractivity contribution >= 4 is 29.5 Å². The number of carboxylic acid groups (broad SMARTS) is 2. The van der Waals surface area contributed by atoms with Gasteiger partial charge in [0.05, 0.1) is 6.61 Å². The van der Waals surface area contributed by atoms with Crippen LogP contribution in [0.1, 0.15) is 111 Å². The molecule has 0 aliphatic rings. The Bertz CT molecular complexity index is 757. The van der Waals surface area contributed by atoms with E-state index in [1.54, 1.807) is 0 Å². The summed E-state index contributed by atoms with van der Waals surface area (Å²) in [6.45, 7) is 2.86. The van der Waals surface area contributed by atoms with Crippen LogP contribution in [0.3, 0.4) is 0 Å². The average molecular weight is 591 g/mol. The third kappa shape index (κ3) is 15.8. The lowest BCUT2D eigenvalue weighted by Crippen LogP contribution is -2.70. The molecule has 0 amide bonds. The molecule has 0 rings (SSSR count). The van der Waals surface area contributed by atoms with Crippen molar-refractivity contribution in [2.75, 3.05) is 13.2 Å². The second kappa shape index (κ2) is 23.0. The van der Waals surface area contributed by atoms with Crippen LogP contribution in [0.4, 0.5) is 0 Å². The molecule has 0 aromatic carbocycles. The fourth-order valence-corrected chi connectivity index (χ4v) is 3.77. The summed E-state index contributed by atoms with van der Waals surface area (Å²) in [6, 6.07) is 0. The Morgan fingerprint density at radius 1 is 0.707 bits per heavy atom. The molecule has 0 radical (unpaired) electrons. The minimum absolute atomic E-state index is 0.111. The first kappa shape index (κ1) is 40.5. The van der Waals surface area contributed by atoms with Gasteiger partial charge in [0.1, 0.15) is 12.7 Å². The van der Waals surface area contributed by atoms with Crippen molar-refractivity contribution in [3.8, 4) is 0 Å². The Kier molecular flexibility index (Phi) is 22.7. The fourth-order valence-electron chi connectivity index (χ4n) is 3.77. The van der Waals surface area contributed by atoms with Gasteiger partial charge < -0.3 is 35.4 Å². The third-order valence-corrected chi connectivity index (χ3v) is 6.45. The minimum Gasteiger partial charge on any atom is -0.479 e. The molecule has 0 bridgehead atoms. The molecule has 238 valence electrons. The second-order valence-electron chi connectivity index (χ2n) is 10.00. The van der Waals surface area contributed by atoms with Crippen molar-refractivity contribution in [2.45, 2.75) is 128 Å². The first-order valence-corrected chi connectivity index (χ1v) is 14.3. The van der Waals surface area contributed by atoms with Crippen molar-refractivity contribution in [3.63, 3.8) is 0 Å². The molecule has 0 aliphatic heterocycles. The first-order chi connectivity index (χ1) is 19.2. The van der Waals surface area contributed by atoms with Crippen molar-refractivity contribution in [1.82, 2.24) is 0 Å². The number of Topliss-reactive ketones (excluding diaryl/α,β-unsaturated/α-hetero) is 2. The Hall–Kier alpha value is -2.67. The van der Waals surface area contributed by atoms with Crippen LogP contribution in [0.5, 0.6) is 0 Å². The molecular weight excluding hydrogens is 540 g/mol. The van der Waals surface area contributed by atoms with Gasteiger partial charge in [0.15, 0.2) is 11.6 Å². The molecule has 3 atom stereocenters. The van der Waals surface area contributed by atoms with E-state index in [0.717, 1.165) is 25.7 Å². The maximum absolute atomic E-state index is 11.4. The van der Waals surface area contributed by atoms with Gasteiger partial charge in [0.2, 0.25) is 0 Å². The summed E-state index contributed by atoms with van der Waals surface area (Å²) >= 11 is 0. The maximum atomic E-state index is 11.4. The van der Waals surface area contributed by atoms with E-state index in [-0.39, 0.29) is 19.2 Å². The van der Waals surface area contributed by atoms with Crippen LogP contribution in [0.2, 0.25) is 0 Å². The third-order valence-electron chi connectivity index (χ3n) is 6.45. The van der Waals surface area contributed by atoms with Crippen molar-refractivity contribution in [1.29, 1.82) is 0 Å². The lowest BCUT2D eigenvalue weighted by Gasteiger charge is -2.32. The molecule has 6 N–H and O–H groups in total. The lowest BCUT2D eigenvalue weighted by molar-refractivity contribution is -0.206. The standard InChI is InChI=1S/C21H40O4.C8H10O8/c1-2-3-4-5-6-7-8-9-10-11-12-13-14-15-16-17-21(24)25-19-20(23)18-22;1-3(9)7(15,5(11)12)8(16,4(2)10)6(13)14/h9-10,20,22-23H,2-8,11-19H2,1H3;15-16H,1-2H3,(H,11,12)(H,13,14)/b10-9-;. The molecule has 41 heavy (non-hydrogen) atoms. The fraction of sp³-hybridized carbons (Fsp3) is 0.759. The molecule has 12 nitrogen and oxygen atoms in total. The zero-order chi connectivity index (χ0) is 31.9. The zero-order valence-corrected chi connectivity index (χ0v) is 24.7. The van der Waals surface area contributed by atoms with Crippen molar-refractivity contribution < 1.29 is 59.3 Å². The summed E-state index contributed by atoms with van der Waals surface area (Å²) < 4.78 is 4.86. The number of hydrogen-bond acceptors (Lipinski definition) is 10. The van der Waals surface area contributed by atoms with E-state index in [2.05, 4.69) is 19.1 Å². The predicted molar refractivity (Wildman–Crippen MR) is 150 cm³/mol. The van der Waals surface area contributed by atoms with Gasteiger partial charge in [-0.15, -0.1) is 0 Å². The SMILES string of the molecule is CC(=O)C(O)(C(=O)O)C(O)(C(C)=O)C(=O)O.CCCCCCCC/C=C\CCCCCCCC(=O)OCC(O)CO. The maximum Gasteiger partial charge on any atom is 0.347 e. The largest absolute Gasteiger partial charge is 0.479 e. The van der Waals surface area contributed by atoms with Crippen molar-refractivity contribution in [3.05, 3.63) is 12.2 Å². The molecule has 0 saturated carbocycles. The smallest absolute Gasteiger partial charge is 0.347 e. The van der Waals surface area contributed by atoms with E-state index in [1.807, 2.05) is 0 Å². The Morgan fingerprint density at radius 2 is 1.10 bits per heavy atom. The average Bonchev–Trinajstić information content (AvgIpc) is 2.92. The molecule has 0 spiro atoms. The van der Waals surface area contributed by atoms with E-state index in [1.165, 1.54) is 57.8 Å². The number of aliphatic carboxylic acids is 2. The number of hydrogen-bond donors (Lipinski definition) is 6. The molecule has 0 aromatic rings. The normalized spacial score (nSPS) is 14.7. The lowest BCUT2D eigenvalue weighted by atomic mass is 9.77. The number of unbranched alkanes of at least 4 members (excludes halogenated alkanes) is 11. The van der Waals surface area contributed by atoms with Crippen LogP contribution >= 0.6 is 0 Å². The summed E-state index contributed by atoms with van der Waals surface area (Å²) in [7, 11) is 0. The van der Waals surface area contributed by atoms with Crippen LogP contribution in [0, 0.1) is 0 Å². The summed E-state index contributed by atoms with van der Waals surface area (Å²) in [5, 5.41) is 53.7. The first-order valence-electron chi connectivity index (χ1n) is 14.3. The van der Waals surface area contributed by atoms with Crippen LogP contribution < -0.4 is 0 Å². The number of carbonyl (C=O) groups is 5. The number of rotatable bonds is 23. The van der Waals surface area contributed by atoms with Gasteiger partial charge in [-0.3, -0.25) is 14.4 Å². The number of allylic oxidation sites excluding steroid dienone is 2. The zero-order valence-electron chi connectivity index (χ0n) is 24.7. The highest BCUT2D eigenvalue weighted by molar-refractivity contribution is 6.20. The van der Waals surface area contributed by atoms with Crippen LogP contribution in [0.15, 0.2) is 12.2 Å². The highest BCUT2D eigenvalue weighted by atomic mass is 16.5. The van der Waals surface area contributed by atoms with Crippen LogP contribution in [-0.2, 0) is 28.7 Å². The van der Waals surface area contributed by atoms with E-state index >= 15 is 0 Å². The van der Waals surface area contributed by atoms with Crippen LogP contribution in [0.25, 0.3) is 0 Å². The highest BCUT2D eigenvalue weighted by Gasteiger charge is 2.67. The van der Waals surface area contributed by atoms with Gasteiger partial charge in [0, 0.05) is 6.42 Å². The Balaban J connectivity index is 0. The van der Waals surface area contributed by atoms with Gasteiger partial charge in [0.25, 0.3) is 11.2 Å². The Labute approximate surface area is 242 Å². The molecule has 0 aliphatic carbocycles. The van der Waals surface area contributed by atoms with E-state index in [9.17, 15) is 34.2 Å². The van der Waals surface area contributed by atoms with Crippen molar-refractivity contribution in [2.24, 2.45) is 0 Å². The monoisotopic (exact) mass is 590 g/mol. The highest BCUT2D eigenvalue weighted by Crippen LogP contribution is 2.26. The van der Waals surface area contributed by atoms with Crippen LogP contribution in [-0.4, -0.2) is 90.6 Å². The van der Waals surface area contributed by atoms with E-state index < -0.39 is 40.8 Å². The second-order valence-corrected chi connectivity index (χ2v) is 10.00. The quantitative estimate of drug-likeness (QED) is 0.0438. The van der Waals surface area contributed by atoms with Gasteiger partial charge in [-0.05, 0) is 46.0 Å². The minimum atomic E-state index is -3.72. The van der Waals surface area contributed by atoms with E-state index in [0.29, 0.717) is 20.3 Å². The van der Waals surface area contributed by atoms with Gasteiger partial charge in [-0.2, -0.15) is 0 Å². The summed E-state index contributed by atoms with van der Waals surface area (Å²) in [4.78, 5) is 54.6. The number of carbonyl (C=O) groups excluding carboxylic acids is 3. The molecule has 0 fully saturated rings. The predicted octanol–water partition coefficient (Wildman–Crippen LogP) is 2.72. The number of aliphatic hydroxyl groups excluding tert-OH is 2. The molecule has 3 unspecified atom stereocenters. The molecule has 12 heteroatoms. The molecule has 0 aromatic heterocycles.